The molecule has 1 saturated carbocycles. The Labute approximate surface area is 145 Å². The van der Waals surface area contributed by atoms with Crippen LogP contribution in [0.1, 0.15) is 64.5 Å². The molecule has 1 atom stereocenters. The first-order valence-electron chi connectivity index (χ1n) is 9.03. The lowest BCUT2D eigenvalue weighted by Crippen LogP contribution is -2.39. The molecule has 1 aliphatic heterocycles. The van der Waals surface area contributed by atoms with E-state index in [1.165, 1.54) is 24.8 Å². The second-order valence-corrected chi connectivity index (χ2v) is 8.02. The van der Waals surface area contributed by atoms with Gasteiger partial charge in [-0.1, -0.05) is 12.5 Å². The van der Waals surface area contributed by atoms with E-state index in [2.05, 4.69) is 23.0 Å². The Bertz CT molecular complexity index is 575. The summed E-state index contributed by atoms with van der Waals surface area (Å²) in [6, 6.07) is 4.76. The van der Waals surface area contributed by atoms with E-state index in [1.807, 2.05) is 33.0 Å². The van der Waals surface area contributed by atoms with Crippen molar-refractivity contribution in [1.82, 2.24) is 9.88 Å². The monoisotopic (exact) mass is 331 g/mol. The van der Waals surface area contributed by atoms with Crippen LogP contribution in [0, 0.1) is 0 Å². The maximum atomic E-state index is 12.5. The smallest absolute Gasteiger partial charge is 0.416 e. The summed E-state index contributed by atoms with van der Waals surface area (Å²) >= 11 is 0. The zero-order valence-electron chi connectivity index (χ0n) is 15.3. The van der Waals surface area contributed by atoms with Gasteiger partial charge in [-0.15, -0.1) is 0 Å². The average molecular weight is 331 g/mol. The van der Waals surface area contributed by atoms with E-state index < -0.39 is 5.60 Å². The van der Waals surface area contributed by atoms with Gasteiger partial charge in [0.2, 0.25) is 0 Å². The molecule has 1 aromatic heterocycles. The Morgan fingerprint density at radius 2 is 2.00 bits per heavy atom. The minimum absolute atomic E-state index is 0.232. The number of piperidine rings is 1. The van der Waals surface area contributed by atoms with Crippen molar-refractivity contribution in [3.05, 3.63) is 23.9 Å². The minimum atomic E-state index is -0.491. The molecule has 24 heavy (non-hydrogen) atoms. The molecule has 0 aromatic carbocycles. The molecule has 1 amide bonds. The third-order valence-electron chi connectivity index (χ3n) is 4.67. The Morgan fingerprint density at radius 1 is 1.25 bits per heavy atom. The van der Waals surface area contributed by atoms with E-state index in [9.17, 15) is 4.79 Å². The molecule has 0 bridgehead atoms. The Hall–Kier alpha value is -1.62. The van der Waals surface area contributed by atoms with E-state index in [-0.39, 0.29) is 12.1 Å². The number of carbonyl (C=O) groups excluding carboxylic acids is 1. The SMILES string of the molecule is CN1CCCCC1c1ccc(N(C(=O)OC(C)(C)C)C2CC2)nc1. The van der Waals surface area contributed by atoms with Crippen LogP contribution in [-0.2, 0) is 4.74 Å². The zero-order chi connectivity index (χ0) is 17.3. The molecular formula is C19H29N3O2. The number of pyridine rings is 1. The molecule has 5 nitrogen and oxygen atoms in total. The molecule has 2 fully saturated rings. The third kappa shape index (κ3) is 4.07. The van der Waals surface area contributed by atoms with Crippen LogP contribution in [0.25, 0.3) is 0 Å². The van der Waals surface area contributed by atoms with E-state index >= 15 is 0 Å². The first kappa shape index (κ1) is 17.2. The summed E-state index contributed by atoms with van der Waals surface area (Å²) in [6.07, 6.45) is 7.40. The number of hydrogen-bond acceptors (Lipinski definition) is 4. The molecule has 0 spiro atoms. The molecule has 1 unspecified atom stereocenters. The number of rotatable bonds is 3. The topological polar surface area (TPSA) is 45.7 Å². The van der Waals surface area contributed by atoms with Crippen molar-refractivity contribution in [2.75, 3.05) is 18.5 Å². The summed E-state index contributed by atoms with van der Waals surface area (Å²) in [6.45, 7) is 6.82. The normalized spacial score (nSPS) is 22.2. The number of carbonyl (C=O) groups is 1. The second kappa shape index (κ2) is 6.71. The molecule has 5 heteroatoms. The van der Waals surface area contributed by atoms with Crippen molar-refractivity contribution in [3.8, 4) is 0 Å². The van der Waals surface area contributed by atoms with E-state index in [4.69, 9.17) is 4.74 Å². The lowest BCUT2D eigenvalue weighted by Gasteiger charge is -2.33. The predicted molar refractivity (Wildman–Crippen MR) is 95.2 cm³/mol. The molecule has 3 rings (SSSR count). The van der Waals surface area contributed by atoms with E-state index in [0.717, 1.165) is 19.4 Å². The molecule has 132 valence electrons. The van der Waals surface area contributed by atoms with Crippen molar-refractivity contribution < 1.29 is 9.53 Å². The standard InChI is InChI=1S/C19H29N3O2/c1-19(2,3)24-18(23)22(15-9-10-15)17-11-8-14(13-20-17)16-7-5-6-12-21(16)4/h8,11,13,15-16H,5-7,9-10,12H2,1-4H3. The predicted octanol–water partition coefficient (Wildman–Crippen LogP) is 4.14. The molecule has 1 aliphatic carbocycles. The van der Waals surface area contributed by atoms with Gasteiger partial charge in [-0.25, -0.2) is 9.78 Å². The summed E-state index contributed by atoms with van der Waals surface area (Å²) in [5.74, 6) is 0.703. The van der Waals surface area contributed by atoms with Crippen molar-refractivity contribution in [2.45, 2.75) is 70.6 Å². The van der Waals surface area contributed by atoms with Crippen LogP contribution >= 0.6 is 0 Å². The van der Waals surface area contributed by atoms with Gasteiger partial charge in [0, 0.05) is 18.3 Å². The maximum absolute atomic E-state index is 12.5. The highest BCUT2D eigenvalue weighted by atomic mass is 16.6. The van der Waals surface area contributed by atoms with Crippen molar-refractivity contribution in [2.24, 2.45) is 0 Å². The van der Waals surface area contributed by atoms with Crippen LogP contribution in [0.3, 0.4) is 0 Å². The van der Waals surface area contributed by atoms with Gasteiger partial charge in [-0.05, 0) is 71.7 Å². The molecule has 1 aromatic rings. The number of amides is 1. The van der Waals surface area contributed by atoms with E-state index in [0.29, 0.717) is 11.9 Å². The van der Waals surface area contributed by atoms with Gasteiger partial charge < -0.3 is 4.74 Å². The number of aromatic nitrogens is 1. The molecule has 0 radical (unpaired) electrons. The van der Waals surface area contributed by atoms with Crippen LogP contribution in [0.2, 0.25) is 0 Å². The molecule has 2 aliphatic rings. The summed E-state index contributed by atoms with van der Waals surface area (Å²) in [7, 11) is 2.18. The quantitative estimate of drug-likeness (QED) is 0.835. The lowest BCUT2D eigenvalue weighted by atomic mass is 9.97. The fourth-order valence-corrected chi connectivity index (χ4v) is 3.31. The molecule has 2 heterocycles. The number of ether oxygens (including phenoxy) is 1. The van der Waals surface area contributed by atoms with Crippen molar-refractivity contribution >= 4 is 11.9 Å². The fourth-order valence-electron chi connectivity index (χ4n) is 3.31. The molecule has 0 N–H and O–H groups in total. The third-order valence-corrected chi connectivity index (χ3v) is 4.67. The largest absolute Gasteiger partial charge is 0.443 e. The van der Waals surface area contributed by atoms with Crippen LogP contribution in [0.4, 0.5) is 10.6 Å². The highest BCUT2D eigenvalue weighted by molar-refractivity contribution is 5.88. The van der Waals surface area contributed by atoms with Gasteiger partial charge in [0.15, 0.2) is 0 Å². The van der Waals surface area contributed by atoms with Crippen LogP contribution < -0.4 is 4.90 Å². The summed E-state index contributed by atoms with van der Waals surface area (Å²) in [4.78, 5) is 21.3. The number of nitrogens with zero attached hydrogens (tertiary/aromatic N) is 3. The highest BCUT2D eigenvalue weighted by Gasteiger charge is 2.37. The Morgan fingerprint density at radius 3 is 2.54 bits per heavy atom. The van der Waals surface area contributed by atoms with Gasteiger partial charge in [-0.3, -0.25) is 9.80 Å². The lowest BCUT2D eigenvalue weighted by molar-refractivity contribution is 0.0576. The first-order chi connectivity index (χ1) is 11.3. The van der Waals surface area contributed by atoms with Crippen LogP contribution in [-0.4, -0.2) is 41.2 Å². The van der Waals surface area contributed by atoms with Gasteiger partial charge >= 0.3 is 6.09 Å². The number of anilines is 1. The fraction of sp³-hybridized carbons (Fsp3) is 0.684. The highest BCUT2D eigenvalue weighted by Crippen LogP contribution is 2.34. The van der Waals surface area contributed by atoms with Crippen LogP contribution in [0.15, 0.2) is 18.3 Å². The molecular weight excluding hydrogens is 302 g/mol. The van der Waals surface area contributed by atoms with Gasteiger partial charge in [0.05, 0.1) is 0 Å². The molecule has 1 saturated heterocycles. The summed E-state index contributed by atoms with van der Waals surface area (Å²) in [5.41, 5.74) is 0.746. The number of likely N-dealkylation sites (tertiary alicyclic amines) is 1. The van der Waals surface area contributed by atoms with E-state index in [1.54, 1.807) is 4.90 Å². The Balaban J connectivity index is 1.76. The van der Waals surface area contributed by atoms with Crippen molar-refractivity contribution in [3.63, 3.8) is 0 Å². The number of hydrogen-bond donors (Lipinski definition) is 0. The zero-order valence-corrected chi connectivity index (χ0v) is 15.3. The average Bonchev–Trinajstić information content (AvgIpc) is 3.32. The minimum Gasteiger partial charge on any atom is -0.443 e. The maximum Gasteiger partial charge on any atom is 0.416 e. The van der Waals surface area contributed by atoms with Gasteiger partial charge in [0.1, 0.15) is 11.4 Å². The van der Waals surface area contributed by atoms with Gasteiger partial charge in [-0.2, -0.15) is 0 Å². The first-order valence-corrected chi connectivity index (χ1v) is 9.03. The van der Waals surface area contributed by atoms with Crippen LogP contribution in [0.5, 0.6) is 0 Å². The summed E-state index contributed by atoms with van der Waals surface area (Å²) in [5, 5.41) is 0. The summed E-state index contributed by atoms with van der Waals surface area (Å²) < 4.78 is 5.56. The Kier molecular flexibility index (Phi) is 4.81. The van der Waals surface area contributed by atoms with Gasteiger partial charge in [0.25, 0.3) is 0 Å². The second-order valence-electron chi connectivity index (χ2n) is 8.02. The van der Waals surface area contributed by atoms with Crippen molar-refractivity contribution in [1.29, 1.82) is 0 Å².